The van der Waals surface area contributed by atoms with E-state index in [1.165, 1.54) is 0 Å². The monoisotopic (exact) mass is 356 g/mol. The van der Waals surface area contributed by atoms with Gasteiger partial charge in [0.05, 0.1) is 11.3 Å². The van der Waals surface area contributed by atoms with Crippen LogP contribution in [0, 0.1) is 11.3 Å². The molecule has 0 bridgehead atoms. The topological polar surface area (TPSA) is 63.0 Å². The van der Waals surface area contributed by atoms with E-state index in [9.17, 15) is 5.11 Å². The average molecular weight is 357 g/mol. The number of hydrogen-bond donors (Lipinski definition) is 2. The molecule has 0 unspecified atom stereocenters. The van der Waals surface area contributed by atoms with Gasteiger partial charge in [0, 0.05) is 49.9 Å². The minimum atomic E-state index is -0.583. The molecule has 0 atom stereocenters. The highest BCUT2D eigenvalue weighted by molar-refractivity contribution is 5.61. The van der Waals surface area contributed by atoms with Gasteiger partial charge >= 0.3 is 0 Å². The maximum atomic E-state index is 10.9. The Labute approximate surface area is 156 Å². The van der Waals surface area contributed by atoms with Gasteiger partial charge in [-0.2, -0.15) is 5.10 Å². The van der Waals surface area contributed by atoms with E-state index >= 15 is 0 Å². The van der Waals surface area contributed by atoms with Gasteiger partial charge in [-0.1, -0.05) is 20.8 Å². The first-order chi connectivity index (χ1) is 12.3. The summed E-state index contributed by atoms with van der Waals surface area (Å²) in [6.45, 7) is 8.26. The van der Waals surface area contributed by atoms with E-state index in [-0.39, 0.29) is 0 Å². The first-order valence-electron chi connectivity index (χ1n) is 9.63. The van der Waals surface area contributed by atoms with Crippen molar-refractivity contribution in [2.75, 3.05) is 6.54 Å². The summed E-state index contributed by atoms with van der Waals surface area (Å²) in [5.74, 6) is 0.708. The summed E-state index contributed by atoms with van der Waals surface area (Å²) in [6, 6.07) is 3.96. The van der Waals surface area contributed by atoms with E-state index in [0.717, 1.165) is 42.5 Å². The van der Waals surface area contributed by atoms with E-state index in [1.54, 1.807) is 12.4 Å². The predicted molar refractivity (Wildman–Crippen MR) is 105 cm³/mol. The Morgan fingerprint density at radius 1 is 1.23 bits per heavy atom. The zero-order chi connectivity index (χ0) is 18.8. The van der Waals surface area contributed by atoms with Crippen LogP contribution in [0.3, 0.4) is 0 Å². The van der Waals surface area contributed by atoms with Gasteiger partial charge in [-0.25, -0.2) is 0 Å². The number of aryl methyl sites for hydroxylation is 1. The van der Waals surface area contributed by atoms with Crippen molar-refractivity contribution in [3.8, 4) is 11.3 Å². The Kier molecular flexibility index (Phi) is 5.49. The number of nitrogens with one attached hydrogen (secondary N) is 1. The molecule has 3 rings (SSSR count). The van der Waals surface area contributed by atoms with Crippen LogP contribution in [0.25, 0.3) is 11.3 Å². The van der Waals surface area contributed by atoms with E-state index in [0.29, 0.717) is 24.4 Å². The van der Waals surface area contributed by atoms with Crippen LogP contribution >= 0.6 is 0 Å². The lowest BCUT2D eigenvalue weighted by Gasteiger charge is -2.41. The van der Waals surface area contributed by atoms with Crippen molar-refractivity contribution in [2.24, 2.45) is 18.4 Å². The van der Waals surface area contributed by atoms with Gasteiger partial charge in [-0.05, 0) is 49.1 Å². The highest BCUT2D eigenvalue weighted by Gasteiger charge is 2.37. The minimum absolute atomic E-state index is 0.337. The van der Waals surface area contributed by atoms with Gasteiger partial charge < -0.3 is 10.4 Å². The molecule has 1 saturated carbocycles. The molecule has 2 heterocycles. The third-order valence-electron chi connectivity index (χ3n) is 5.77. The van der Waals surface area contributed by atoms with Crippen LogP contribution in [0.15, 0.2) is 30.7 Å². The van der Waals surface area contributed by atoms with Gasteiger partial charge in [-0.3, -0.25) is 9.67 Å². The number of rotatable bonds is 5. The molecule has 0 amide bonds. The predicted octanol–water partition coefficient (Wildman–Crippen LogP) is 3.54. The Hall–Kier alpha value is -1.72. The molecule has 2 aromatic heterocycles. The maximum Gasteiger partial charge on any atom is 0.0969 e. The standard InChI is InChI=1S/C21H32N4O/c1-20(2,3)18-5-9-21(26,10-6-18)15-23-13-17-14-25(4)24-19(17)16-7-11-22-12-8-16/h7-8,11-12,14,18,23,26H,5-6,9-10,13,15H2,1-4H3. The second-order valence-electron chi connectivity index (χ2n) is 8.88. The first-order valence-corrected chi connectivity index (χ1v) is 9.63. The van der Waals surface area contributed by atoms with Crippen molar-refractivity contribution < 1.29 is 5.11 Å². The van der Waals surface area contributed by atoms with Gasteiger partial charge in [0.15, 0.2) is 0 Å². The SMILES string of the molecule is Cn1cc(CNCC2(O)CCC(C(C)(C)C)CC2)c(-c2ccncc2)n1. The molecule has 5 nitrogen and oxygen atoms in total. The maximum absolute atomic E-state index is 10.9. The molecule has 0 spiro atoms. The average Bonchev–Trinajstić information content (AvgIpc) is 2.96. The Morgan fingerprint density at radius 2 is 1.88 bits per heavy atom. The molecule has 1 aliphatic carbocycles. The van der Waals surface area contributed by atoms with Gasteiger partial charge in [0.2, 0.25) is 0 Å². The van der Waals surface area contributed by atoms with Crippen LogP contribution < -0.4 is 5.32 Å². The fourth-order valence-corrected chi connectivity index (χ4v) is 4.05. The van der Waals surface area contributed by atoms with Crippen LogP contribution in [0.2, 0.25) is 0 Å². The molecular weight excluding hydrogens is 324 g/mol. The summed E-state index contributed by atoms with van der Waals surface area (Å²) < 4.78 is 1.84. The summed E-state index contributed by atoms with van der Waals surface area (Å²) in [5.41, 5.74) is 2.95. The van der Waals surface area contributed by atoms with Crippen LogP contribution in [-0.4, -0.2) is 32.0 Å². The smallest absolute Gasteiger partial charge is 0.0969 e. The van der Waals surface area contributed by atoms with Crippen LogP contribution in [0.4, 0.5) is 0 Å². The largest absolute Gasteiger partial charge is 0.389 e. The van der Waals surface area contributed by atoms with Gasteiger partial charge in [0.25, 0.3) is 0 Å². The zero-order valence-corrected chi connectivity index (χ0v) is 16.5. The lowest BCUT2D eigenvalue weighted by Crippen LogP contribution is -2.44. The molecule has 5 heteroatoms. The quantitative estimate of drug-likeness (QED) is 0.860. The molecule has 142 valence electrons. The number of pyridine rings is 1. The number of nitrogens with zero attached hydrogens (tertiary/aromatic N) is 3. The summed E-state index contributed by atoms with van der Waals surface area (Å²) in [6.07, 6.45) is 9.60. The van der Waals surface area contributed by atoms with E-state index < -0.39 is 5.60 Å². The van der Waals surface area contributed by atoms with E-state index in [4.69, 9.17) is 0 Å². The third-order valence-corrected chi connectivity index (χ3v) is 5.77. The molecule has 0 aromatic carbocycles. The third kappa shape index (κ3) is 4.51. The molecule has 0 aliphatic heterocycles. The fraction of sp³-hybridized carbons (Fsp3) is 0.619. The number of aliphatic hydroxyl groups is 1. The van der Waals surface area contributed by atoms with Crippen molar-refractivity contribution in [3.63, 3.8) is 0 Å². The lowest BCUT2D eigenvalue weighted by atomic mass is 9.68. The van der Waals surface area contributed by atoms with Crippen molar-refractivity contribution in [2.45, 2.75) is 58.6 Å². The van der Waals surface area contributed by atoms with Gasteiger partial charge in [0.1, 0.15) is 0 Å². The van der Waals surface area contributed by atoms with Crippen molar-refractivity contribution >= 4 is 0 Å². The minimum Gasteiger partial charge on any atom is -0.389 e. The van der Waals surface area contributed by atoms with Crippen LogP contribution in [0.1, 0.15) is 52.0 Å². The molecule has 2 N–H and O–H groups in total. The molecule has 1 aliphatic rings. The van der Waals surface area contributed by atoms with Crippen LogP contribution in [-0.2, 0) is 13.6 Å². The summed E-state index contributed by atoms with van der Waals surface area (Å²) >= 11 is 0. The molecular formula is C21H32N4O. The van der Waals surface area contributed by atoms with Crippen molar-refractivity contribution in [1.82, 2.24) is 20.1 Å². The molecule has 1 fully saturated rings. The molecule has 0 saturated heterocycles. The van der Waals surface area contributed by atoms with Crippen molar-refractivity contribution in [1.29, 1.82) is 0 Å². The zero-order valence-electron chi connectivity index (χ0n) is 16.5. The van der Waals surface area contributed by atoms with E-state index in [1.807, 2.05) is 30.1 Å². The molecule has 2 aromatic rings. The highest BCUT2D eigenvalue weighted by Crippen LogP contribution is 2.41. The highest BCUT2D eigenvalue weighted by atomic mass is 16.3. The Balaban J connectivity index is 1.58. The fourth-order valence-electron chi connectivity index (χ4n) is 4.05. The second-order valence-corrected chi connectivity index (χ2v) is 8.88. The Bertz CT molecular complexity index is 709. The summed E-state index contributed by atoms with van der Waals surface area (Å²) in [7, 11) is 1.94. The normalized spacial score (nSPS) is 24.0. The van der Waals surface area contributed by atoms with E-state index in [2.05, 4.69) is 36.2 Å². The Morgan fingerprint density at radius 3 is 2.50 bits per heavy atom. The van der Waals surface area contributed by atoms with Crippen molar-refractivity contribution in [3.05, 3.63) is 36.3 Å². The summed E-state index contributed by atoms with van der Waals surface area (Å²) in [4.78, 5) is 4.08. The second kappa shape index (κ2) is 7.49. The van der Waals surface area contributed by atoms with Gasteiger partial charge in [-0.15, -0.1) is 0 Å². The first kappa shape index (κ1) is 19.1. The van der Waals surface area contributed by atoms with Crippen LogP contribution in [0.5, 0.6) is 0 Å². The number of aromatic nitrogens is 3. The number of hydrogen-bond acceptors (Lipinski definition) is 4. The molecule has 26 heavy (non-hydrogen) atoms. The molecule has 0 radical (unpaired) electrons. The summed E-state index contributed by atoms with van der Waals surface area (Å²) in [5, 5.41) is 19.0. The lowest BCUT2D eigenvalue weighted by molar-refractivity contribution is -0.0239.